The molecule has 4 aromatic rings. The number of amides is 1. The summed E-state index contributed by atoms with van der Waals surface area (Å²) >= 11 is 0. The molecule has 7 heteroatoms. The number of carbonyl (C=O) groups is 1. The maximum absolute atomic E-state index is 13.9. The van der Waals surface area contributed by atoms with Gasteiger partial charge in [-0.05, 0) is 18.6 Å². The van der Waals surface area contributed by atoms with Crippen molar-refractivity contribution in [3.05, 3.63) is 76.5 Å². The van der Waals surface area contributed by atoms with Crippen LogP contribution >= 0.6 is 0 Å². The molecule has 29 heavy (non-hydrogen) atoms. The van der Waals surface area contributed by atoms with Gasteiger partial charge in [0.1, 0.15) is 17.4 Å². The molecule has 0 saturated heterocycles. The Balaban J connectivity index is 1.80. The summed E-state index contributed by atoms with van der Waals surface area (Å²) in [5.41, 5.74) is 1.38. The van der Waals surface area contributed by atoms with Gasteiger partial charge in [-0.25, -0.2) is 9.07 Å². The van der Waals surface area contributed by atoms with Crippen LogP contribution in [-0.2, 0) is 18.4 Å². The average Bonchev–Trinajstić information content (AvgIpc) is 3.06. The molecule has 0 aliphatic rings. The van der Waals surface area contributed by atoms with Crippen LogP contribution in [0.25, 0.3) is 21.8 Å². The zero-order valence-electron chi connectivity index (χ0n) is 16.2. The van der Waals surface area contributed by atoms with Crippen LogP contribution in [0.3, 0.4) is 0 Å². The Kier molecular flexibility index (Phi) is 4.88. The predicted octanol–water partition coefficient (Wildman–Crippen LogP) is 3.29. The molecule has 2 aromatic carbocycles. The third-order valence-electron chi connectivity index (χ3n) is 5.22. The number of aryl methyl sites for hydroxylation is 1. The van der Waals surface area contributed by atoms with Crippen molar-refractivity contribution in [1.29, 1.82) is 0 Å². The van der Waals surface area contributed by atoms with E-state index in [1.54, 1.807) is 36.0 Å². The van der Waals surface area contributed by atoms with Crippen molar-refractivity contribution in [2.75, 3.05) is 0 Å². The number of aromatic nitrogens is 3. The van der Waals surface area contributed by atoms with E-state index in [9.17, 15) is 14.0 Å². The largest absolute Gasteiger partial charge is 0.350 e. The summed E-state index contributed by atoms with van der Waals surface area (Å²) in [7, 11) is 1.59. The second-order valence-corrected chi connectivity index (χ2v) is 6.96. The molecular formula is C22H21FN4O2. The molecule has 0 saturated carbocycles. The van der Waals surface area contributed by atoms with E-state index in [2.05, 4.69) is 10.4 Å². The van der Waals surface area contributed by atoms with Crippen LogP contribution in [-0.4, -0.2) is 20.3 Å². The van der Waals surface area contributed by atoms with Crippen molar-refractivity contribution in [3.8, 4) is 0 Å². The fourth-order valence-corrected chi connectivity index (χ4v) is 3.74. The molecule has 2 aromatic heterocycles. The summed E-state index contributed by atoms with van der Waals surface area (Å²) in [6.07, 6.45) is 2.13. The van der Waals surface area contributed by atoms with Gasteiger partial charge in [-0.15, -0.1) is 0 Å². The van der Waals surface area contributed by atoms with Crippen molar-refractivity contribution >= 4 is 27.7 Å². The van der Waals surface area contributed by atoms with E-state index >= 15 is 0 Å². The lowest BCUT2D eigenvalue weighted by molar-refractivity contribution is -0.124. The summed E-state index contributed by atoms with van der Waals surface area (Å²) in [6, 6.07) is 13.3. The minimum atomic E-state index is -0.612. The summed E-state index contributed by atoms with van der Waals surface area (Å²) in [5, 5.41) is 8.53. The van der Waals surface area contributed by atoms with Gasteiger partial charge in [-0.3, -0.25) is 9.59 Å². The Bertz CT molecular complexity index is 1280. The lowest BCUT2D eigenvalue weighted by atomic mass is 10.1. The summed E-state index contributed by atoms with van der Waals surface area (Å²) < 4.78 is 17.0. The molecule has 2 heterocycles. The molecule has 1 unspecified atom stereocenters. The number of carbonyl (C=O) groups excluding carboxylic acids is 1. The van der Waals surface area contributed by atoms with Gasteiger partial charge in [0.2, 0.25) is 5.91 Å². The predicted molar refractivity (Wildman–Crippen MR) is 110 cm³/mol. The van der Waals surface area contributed by atoms with Crippen molar-refractivity contribution in [2.45, 2.75) is 25.9 Å². The first-order chi connectivity index (χ1) is 14.0. The fraction of sp³-hybridized carbons (Fsp3) is 0.227. The van der Waals surface area contributed by atoms with Crippen LogP contribution in [0.15, 0.2) is 59.5 Å². The number of rotatable bonds is 5. The normalized spacial score (nSPS) is 12.4. The highest BCUT2D eigenvalue weighted by atomic mass is 19.1. The van der Waals surface area contributed by atoms with E-state index in [0.29, 0.717) is 22.9 Å². The van der Waals surface area contributed by atoms with E-state index < -0.39 is 6.04 Å². The summed E-state index contributed by atoms with van der Waals surface area (Å²) in [5.74, 6) is -0.630. The van der Waals surface area contributed by atoms with Crippen LogP contribution in [0.2, 0.25) is 0 Å². The molecule has 0 fully saturated rings. The molecule has 0 aliphatic heterocycles. The van der Waals surface area contributed by atoms with Crippen molar-refractivity contribution in [3.63, 3.8) is 0 Å². The topological polar surface area (TPSA) is 68.9 Å². The van der Waals surface area contributed by atoms with Crippen LogP contribution in [0.5, 0.6) is 0 Å². The Morgan fingerprint density at radius 1 is 1.14 bits per heavy atom. The number of hydrogen-bond donors (Lipinski definition) is 1. The average molecular weight is 392 g/mol. The third-order valence-corrected chi connectivity index (χ3v) is 5.22. The molecule has 0 bridgehead atoms. The second kappa shape index (κ2) is 7.50. The summed E-state index contributed by atoms with van der Waals surface area (Å²) in [4.78, 5) is 25.9. The number of benzene rings is 2. The zero-order valence-corrected chi connectivity index (χ0v) is 16.2. The second-order valence-electron chi connectivity index (χ2n) is 6.96. The van der Waals surface area contributed by atoms with Gasteiger partial charge >= 0.3 is 0 Å². The van der Waals surface area contributed by atoms with Crippen molar-refractivity contribution in [2.24, 2.45) is 7.05 Å². The smallest absolute Gasteiger partial charge is 0.291 e. The van der Waals surface area contributed by atoms with Gasteiger partial charge in [-0.1, -0.05) is 43.3 Å². The number of fused-ring (bicyclic) bond motifs is 3. The van der Waals surface area contributed by atoms with Gasteiger partial charge in [0, 0.05) is 29.9 Å². The Labute approximate surface area is 166 Å². The number of para-hydroxylation sites is 1. The van der Waals surface area contributed by atoms with Gasteiger partial charge in [0.05, 0.1) is 11.7 Å². The van der Waals surface area contributed by atoms with E-state index in [-0.39, 0.29) is 23.8 Å². The van der Waals surface area contributed by atoms with E-state index in [1.807, 2.05) is 31.2 Å². The SMILES string of the molecule is CCC(C(=O)NCc1ccccc1F)n1c2ccccc2c2cnn(C)c(=O)c21. The minimum Gasteiger partial charge on any atom is -0.350 e. The minimum absolute atomic E-state index is 0.0820. The number of hydrogen-bond acceptors (Lipinski definition) is 3. The molecule has 6 nitrogen and oxygen atoms in total. The van der Waals surface area contributed by atoms with Crippen molar-refractivity contribution in [1.82, 2.24) is 19.7 Å². The molecule has 1 N–H and O–H groups in total. The highest BCUT2D eigenvalue weighted by Gasteiger charge is 2.25. The molecule has 0 aliphatic carbocycles. The van der Waals surface area contributed by atoms with Gasteiger partial charge in [-0.2, -0.15) is 5.10 Å². The standard InChI is InChI=1S/C22H21FN4O2/c1-3-18(21(28)24-12-14-8-4-6-10-17(14)23)27-19-11-7-5-9-15(19)16-13-25-26(2)22(29)20(16)27/h4-11,13,18H,3,12H2,1-2H3,(H,24,28). The summed E-state index contributed by atoms with van der Waals surface area (Å²) in [6.45, 7) is 1.97. The van der Waals surface area contributed by atoms with Crippen LogP contribution in [0.1, 0.15) is 24.9 Å². The maximum atomic E-state index is 13.9. The molecule has 1 amide bonds. The van der Waals surface area contributed by atoms with E-state index in [0.717, 1.165) is 10.9 Å². The lowest BCUT2D eigenvalue weighted by Gasteiger charge is -2.19. The first-order valence-corrected chi connectivity index (χ1v) is 9.49. The van der Waals surface area contributed by atoms with E-state index in [1.165, 1.54) is 10.7 Å². The third kappa shape index (κ3) is 3.18. The number of halogens is 1. The lowest BCUT2D eigenvalue weighted by Crippen LogP contribution is -2.33. The monoisotopic (exact) mass is 392 g/mol. The maximum Gasteiger partial charge on any atom is 0.291 e. The van der Waals surface area contributed by atoms with Crippen LogP contribution < -0.4 is 10.9 Å². The van der Waals surface area contributed by atoms with Gasteiger partial charge in [0.15, 0.2) is 0 Å². The molecule has 0 spiro atoms. The highest BCUT2D eigenvalue weighted by molar-refractivity contribution is 6.08. The molecule has 4 rings (SSSR count). The molecule has 148 valence electrons. The molecule has 1 atom stereocenters. The van der Waals surface area contributed by atoms with Crippen molar-refractivity contribution < 1.29 is 9.18 Å². The molecule has 0 radical (unpaired) electrons. The highest BCUT2D eigenvalue weighted by Crippen LogP contribution is 2.30. The van der Waals surface area contributed by atoms with Gasteiger partial charge in [0.25, 0.3) is 5.56 Å². The fourth-order valence-electron chi connectivity index (χ4n) is 3.74. The molecular weight excluding hydrogens is 371 g/mol. The van der Waals surface area contributed by atoms with Crippen LogP contribution in [0, 0.1) is 5.82 Å². The Morgan fingerprint density at radius 3 is 2.62 bits per heavy atom. The Hall–Kier alpha value is -3.48. The Morgan fingerprint density at radius 2 is 1.86 bits per heavy atom. The number of nitrogens with one attached hydrogen (secondary N) is 1. The number of nitrogens with zero attached hydrogens (tertiary/aromatic N) is 3. The van der Waals surface area contributed by atoms with Gasteiger partial charge < -0.3 is 9.88 Å². The quantitative estimate of drug-likeness (QED) is 0.567. The first-order valence-electron chi connectivity index (χ1n) is 9.49. The van der Waals surface area contributed by atoms with Crippen LogP contribution in [0.4, 0.5) is 4.39 Å². The van der Waals surface area contributed by atoms with E-state index in [4.69, 9.17) is 0 Å². The zero-order chi connectivity index (χ0) is 20.5. The first kappa shape index (κ1) is 18.9.